The molecule has 0 atom stereocenters. The van der Waals surface area contributed by atoms with Gasteiger partial charge >= 0.3 is 0 Å². The number of hydrogen-bond donors (Lipinski definition) is 2. The van der Waals surface area contributed by atoms with E-state index in [-0.39, 0.29) is 5.84 Å². The van der Waals surface area contributed by atoms with Crippen LogP contribution in [0.3, 0.4) is 0 Å². The van der Waals surface area contributed by atoms with Gasteiger partial charge in [-0.15, -0.1) is 0 Å². The molecule has 0 unspecified atom stereocenters. The summed E-state index contributed by atoms with van der Waals surface area (Å²) in [5.41, 5.74) is 8.46. The molecule has 0 saturated carbocycles. The van der Waals surface area contributed by atoms with E-state index >= 15 is 0 Å². The number of ether oxygens (including phenoxy) is 1. The minimum atomic E-state index is 0.114. The normalized spacial score (nSPS) is 11.2. The summed E-state index contributed by atoms with van der Waals surface area (Å²) in [6.45, 7) is 0.754. The Kier molecular flexibility index (Phi) is 4.66. The average Bonchev–Trinajstić information content (AvgIpc) is 2.54. The van der Waals surface area contributed by atoms with Crippen LogP contribution in [0.2, 0.25) is 0 Å². The van der Waals surface area contributed by atoms with Crippen molar-refractivity contribution in [3.63, 3.8) is 0 Å². The lowest BCUT2D eigenvalue weighted by Gasteiger charge is -2.20. The molecule has 0 bridgehead atoms. The van der Waals surface area contributed by atoms with Crippen LogP contribution in [-0.2, 0) is 6.54 Å². The molecular formula is C16H19N3O2. The van der Waals surface area contributed by atoms with Gasteiger partial charge in [0.2, 0.25) is 0 Å². The number of amidine groups is 1. The molecular weight excluding hydrogens is 266 g/mol. The van der Waals surface area contributed by atoms with Crippen LogP contribution >= 0.6 is 0 Å². The second-order valence-electron chi connectivity index (χ2n) is 4.74. The summed E-state index contributed by atoms with van der Waals surface area (Å²) >= 11 is 0. The maximum atomic E-state index is 8.64. The first-order valence-electron chi connectivity index (χ1n) is 6.56. The number of oxime groups is 1. The third-order valence-electron chi connectivity index (χ3n) is 3.27. The average molecular weight is 285 g/mol. The van der Waals surface area contributed by atoms with Gasteiger partial charge in [-0.3, -0.25) is 0 Å². The summed E-state index contributed by atoms with van der Waals surface area (Å²) in [6.07, 6.45) is 0. The Balaban J connectivity index is 2.10. The lowest BCUT2D eigenvalue weighted by Crippen LogP contribution is -2.17. The number of nitrogens with zero attached hydrogens (tertiary/aromatic N) is 2. The molecule has 0 aliphatic heterocycles. The number of hydrogen-bond acceptors (Lipinski definition) is 4. The fourth-order valence-electron chi connectivity index (χ4n) is 2.05. The third kappa shape index (κ3) is 3.66. The zero-order chi connectivity index (χ0) is 15.2. The van der Waals surface area contributed by atoms with Gasteiger partial charge in [-0.25, -0.2) is 0 Å². The maximum Gasteiger partial charge on any atom is 0.170 e. The summed E-state index contributed by atoms with van der Waals surface area (Å²) in [6, 6.07) is 15.5. The van der Waals surface area contributed by atoms with E-state index in [0.717, 1.165) is 23.5 Å². The predicted octanol–water partition coefficient (Wildman–Crippen LogP) is 2.43. The van der Waals surface area contributed by atoms with E-state index in [1.807, 2.05) is 55.6 Å². The van der Waals surface area contributed by atoms with Crippen molar-refractivity contribution in [3.8, 4) is 5.75 Å². The van der Waals surface area contributed by atoms with Crippen molar-refractivity contribution in [2.75, 3.05) is 19.1 Å². The number of anilines is 1. The molecule has 110 valence electrons. The standard InChI is InChI=1S/C16H19N3O2/c1-19(14-4-3-5-15(10-14)21-2)11-12-6-8-13(9-7-12)16(17)18-20/h3-10,20H,11H2,1-2H3,(H2,17,18). The van der Waals surface area contributed by atoms with Crippen molar-refractivity contribution < 1.29 is 9.94 Å². The SMILES string of the molecule is COc1cccc(N(C)Cc2ccc(C(N)=NO)cc2)c1. The largest absolute Gasteiger partial charge is 0.497 e. The Morgan fingerprint density at radius 2 is 1.95 bits per heavy atom. The summed E-state index contributed by atoms with van der Waals surface area (Å²) in [4.78, 5) is 2.13. The Morgan fingerprint density at radius 3 is 2.57 bits per heavy atom. The third-order valence-corrected chi connectivity index (χ3v) is 3.27. The van der Waals surface area contributed by atoms with Crippen molar-refractivity contribution in [1.29, 1.82) is 0 Å². The van der Waals surface area contributed by atoms with E-state index < -0.39 is 0 Å². The van der Waals surface area contributed by atoms with Crippen LogP contribution in [0.4, 0.5) is 5.69 Å². The van der Waals surface area contributed by atoms with Gasteiger partial charge in [0.05, 0.1) is 7.11 Å². The van der Waals surface area contributed by atoms with Crippen LogP contribution in [0.5, 0.6) is 5.75 Å². The molecule has 2 aromatic rings. The van der Waals surface area contributed by atoms with Crippen LogP contribution < -0.4 is 15.4 Å². The number of rotatable bonds is 5. The first kappa shape index (κ1) is 14.7. The summed E-state index contributed by atoms with van der Waals surface area (Å²) in [5, 5.41) is 11.6. The monoisotopic (exact) mass is 285 g/mol. The first-order chi connectivity index (χ1) is 10.1. The van der Waals surface area contributed by atoms with E-state index in [2.05, 4.69) is 10.1 Å². The molecule has 0 fully saturated rings. The molecule has 2 rings (SSSR count). The fourth-order valence-corrected chi connectivity index (χ4v) is 2.05. The van der Waals surface area contributed by atoms with Gasteiger partial charge in [-0.05, 0) is 17.7 Å². The molecule has 0 amide bonds. The van der Waals surface area contributed by atoms with Crippen LogP contribution in [0, 0.1) is 0 Å². The number of methoxy groups -OCH3 is 1. The van der Waals surface area contributed by atoms with E-state index in [1.165, 1.54) is 0 Å². The summed E-state index contributed by atoms with van der Waals surface area (Å²) in [5.74, 6) is 0.948. The lowest BCUT2D eigenvalue weighted by atomic mass is 10.1. The van der Waals surface area contributed by atoms with Crippen molar-refractivity contribution in [1.82, 2.24) is 0 Å². The van der Waals surface area contributed by atoms with Gasteiger partial charge in [0.25, 0.3) is 0 Å². The van der Waals surface area contributed by atoms with Gasteiger partial charge in [-0.1, -0.05) is 35.5 Å². The van der Waals surface area contributed by atoms with Crippen molar-refractivity contribution in [2.24, 2.45) is 10.9 Å². The summed E-state index contributed by atoms with van der Waals surface area (Å²) in [7, 11) is 3.68. The highest BCUT2D eigenvalue weighted by molar-refractivity contribution is 5.96. The van der Waals surface area contributed by atoms with Crippen LogP contribution in [0.1, 0.15) is 11.1 Å². The Labute approximate surface area is 124 Å². The predicted molar refractivity (Wildman–Crippen MR) is 84.1 cm³/mol. The molecule has 0 aliphatic carbocycles. The van der Waals surface area contributed by atoms with Crippen LogP contribution in [0.15, 0.2) is 53.7 Å². The Bertz CT molecular complexity index is 624. The Morgan fingerprint density at radius 1 is 1.24 bits per heavy atom. The molecule has 5 heteroatoms. The molecule has 0 aliphatic rings. The van der Waals surface area contributed by atoms with Gasteiger partial charge in [-0.2, -0.15) is 0 Å². The molecule has 0 heterocycles. The van der Waals surface area contributed by atoms with Crippen molar-refractivity contribution >= 4 is 11.5 Å². The minimum Gasteiger partial charge on any atom is -0.497 e. The first-order valence-corrected chi connectivity index (χ1v) is 6.56. The number of nitrogens with two attached hydrogens (primary N) is 1. The zero-order valence-corrected chi connectivity index (χ0v) is 12.2. The van der Waals surface area contributed by atoms with Crippen molar-refractivity contribution in [2.45, 2.75) is 6.54 Å². The molecule has 0 radical (unpaired) electrons. The second kappa shape index (κ2) is 6.65. The smallest absolute Gasteiger partial charge is 0.170 e. The van der Waals surface area contributed by atoms with Crippen LogP contribution in [0.25, 0.3) is 0 Å². The quantitative estimate of drug-likeness (QED) is 0.383. The van der Waals surface area contributed by atoms with Crippen LogP contribution in [-0.4, -0.2) is 25.2 Å². The van der Waals surface area contributed by atoms with E-state index in [9.17, 15) is 0 Å². The van der Waals surface area contributed by atoms with E-state index in [1.54, 1.807) is 7.11 Å². The second-order valence-corrected chi connectivity index (χ2v) is 4.74. The van der Waals surface area contributed by atoms with Gasteiger partial charge in [0, 0.05) is 30.9 Å². The summed E-state index contributed by atoms with van der Waals surface area (Å²) < 4.78 is 5.23. The zero-order valence-electron chi connectivity index (χ0n) is 12.2. The molecule has 5 nitrogen and oxygen atoms in total. The van der Waals surface area contributed by atoms with E-state index in [4.69, 9.17) is 15.7 Å². The highest BCUT2D eigenvalue weighted by Gasteiger charge is 2.05. The topological polar surface area (TPSA) is 71.1 Å². The van der Waals surface area contributed by atoms with Crippen molar-refractivity contribution in [3.05, 3.63) is 59.7 Å². The molecule has 21 heavy (non-hydrogen) atoms. The molecule has 0 aromatic heterocycles. The van der Waals surface area contributed by atoms with E-state index in [0.29, 0.717) is 5.56 Å². The molecule has 2 aromatic carbocycles. The molecule has 0 saturated heterocycles. The van der Waals surface area contributed by atoms with Gasteiger partial charge < -0.3 is 20.6 Å². The fraction of sp³-hybridized carbons (Fsp3) is 0.188. The lowest BCUT2D eigenvalue weighted by molar-refractivity contribution is 0.318. The maximum absolute atomic E-state index is 8.64. The molecule has 3 N–H and O–H groups in total. The highest BCUT2D eigenvalue weighted by atomic mass is 16.5. The minimum absolute atomic E-state index is 0.114. The number of benzene rings is 2. The van der Waals surface area contributed by atoms with Gasteiger partial charge in [0.1, 0.15) is 5.75 Å². The highest BCUT2D eigenvalue weighted by Crippen LogP contribution is 2.21. The Hall–Kier alpha value is -2.69. The molecule has 0 spiro atoms. The van der Waals surface area contributed by atoms with Gasteiger partial charge in [0.15, 0.2) is 5.84 Å².